The second-order valence-electron chi connectivity index (χ2n) is 3.97. The van der Waals surface area contributed by atoms with Crippen LogP contribution in [0, 0.1) is 11.8 Å². The molecule has 2 N–H and O–H groups in total. The van der Waals surface area contributed by atoms with Crippen LogP contribution in [0.4, 0.5) is 0 Å². The predicted molar refractivity (Wildman–Crippen MR) is 50.7 cm³/mol. The normalized spacial score (nSPS) is 34.1. The molecule has 0 spiro atoms. The molecule has 1 aliphatic carbocycles. The molecule has 0 radical (unpaired) electrons. The van der Waals surface area contributed by atoms with Gasteiger partial charge in [0.15, 0.2) is 0 Å². The molecule has 0 amide bonds. The van der Waals surface area contributed by atoms with Crippen LogP contribution in [0.3, 0.4) is 0 Å². The maximum Gasteiger partial charge on any atom is 0.00779 e. The van der Waals surface area contributed by atoms with E-state index >= 15 is 0 Å². The van der Waals surface area contributed by atoms with Crippen LogP contribution in [0.25, 0.3) is 0 Å². The van der Waals surface area contributed by atoms with Crippen LogP contribution in [0.2, 0.25) is 0 Å². The lowest BCUT2D eigenvalue weighted by molar-refractivity contribution is 0.422. The Morgan fingerprint density at radius 3 is 2.73 bits per heavy atom. The zero-order valence-electron chi connectivity index (χ0n) is 6.96. The van der Waals surface area contributed by atoms with Crippen molar-refractivity contribution in [2.24, 2.45) is 17.6 Å². The van der Waals surface area contributed by atoms with Gasteiger partial charge in [0.05, 0.1) is 0 Å². The fraction of sp³-hybridized carbons (Fsp3) is 1.00. The Labute approximate surface area is 73.1 Å². The monoisotopic (exact) mass is 171 g/mol. The van der Waals surface area contributed by atoms with Crippen LogP contribution >= 0.6 is 11.8 Å². The summed E-state index contributed by atoms with van der Waals surface area (Å²) in [5.41, 5.74) is 6.11. The van der Waals surface area contributed by atoms with Gasteiger partial charge in [-0.2, -0.15) is 11.8 Å². The number of hydrogen-bond acceptors (Lipinski definition) is 2. The van der Waals surface area contributed by atoms with Gasteiger partial charge in [0.1, 0.15) is 0 Å². The van der Waals surface area contributed by atoms with E-state index in [9.17, 15) is 0 Å². The van der Waals surface area contributed by atoms with Crippen molar-refractivity contribution < 1.29 is 0 Å². The zero-order valence-corrected chi connectivity index (χ0v) is 7.78. The molecular weight excluding hydrogens is 154 g/mol. The van der Waals surface area contributed by atoms with Crippen molar-refractivity contribution in [2.45, 2.75) is 31.7 Å². The Hall–Kier alpha value is 0.310. The van der Waals surface area contributed by atoms with Gasteiger partial charge in [0, 0.05) is 6.04 Å². The smallest absolute Gasteiger partial charge is 0.00779 e. The average Bonchev–Trinajstić information content (AvgIpc) is 2.67. The molecule has 1 aliphatic heterocycles. The van der Waals surface area contributed by atoms with Gasteiger partial charge < -0.3 is 5.73 Å². The van der Waals surface area contributed by atoms with Gasteiger partial charge >= 0.3 is 0 Å². The van der Waals surface area contributed by atoms with Crippen molar-refractivity contribution in [3.8, 4) is 0 Å². The highest BCUT2D eigenvalue weighted by Crippen LogP contribution is 2.36. The molecule has 1 saturated carbocycles. The van der Waals surface area contributed by atoms with Crippen molar-refractivity contribution in [3.05, 3.63) is 0 Å². The first kappa shape index (κ1) is 7.93. The van der Waals surface area contributed by atoms with Crippen LogP contribution < -0.4 is 5.73 Å². The lowest BCUT2D eigenvalue weighted by Crippen LogP contribution is -2.30. The van der Waals surface area contributed by atoms with E-state index in [0.717, 1.165) is 11.8 Å². The molecule has 0 aromatic rings. The molecule has 2 heteroatoms. The lowest BCUT2D eigenvalue weighted by Gasteiger charge is -2.17. The molecule has 64 valence electrons. The first-order valence-corrected chi connectivity index (χ1v) is 5.85. The van der Waals surface area contributed by atoms with Gasteiger partial charge in [0.25, 0.3) is 0 Å². The Balaban J connectivity index is 1.73. The molecule has 2 aliphatic rings. The Morgan fingerprint density at radius 2 is 2.18 bits per heavy atom. The van der Waals surface area contributed by atoms with Crippen molar-refractivity contribution >= 4 is 11.8 Å². The molecule has 11 heavy (non-hydrogen) atoms. The predicted octanol–water partition coefficient (Wildman–Crippen LogP) is 1.87. The largest absolute Gasteiger partial charge is 0.327 e. The minimum atomic E-state index is 0.525. The first-order chi connectivity index (χ1) is 5.36. The fourth-order valence-corrected chi connectivity index (χ4v) is 3.17. The molecule has 2 unspecified atom stereocenters. The summed E-state index contributed by atoms with van der Waals surface area (Å²) in [5.74, 6) is 4.54. The second kappa shape index (κ2) is 3.36. The lowest BCUT2D eigenvalue weighted by atomic mass is 9.95. The van der Waals surface area contributed by atoms with E-state index < -0.39 is 0 Å². The van der Waals surface area contributed by atoms with E-state index in [1.807, 2.05) is 0 Å². The van der Waals surface area contributed by atoms with Gasteiger partial charge in [-0.15, -0.1) is 0 Å². The summed E-state index contributed by atoms with van der Waals surface area (Å²) >= 11 is 2.08. The van der Waals surface area contributed by atoms with Crippen LogP contribution in [0.15, 0.2) is 0 Å². The summed E-state index contributed by atoms with van der Waals surface area (Å²) in [7, 11) is 0. The summed E-state index contributed by atoms with van der Waals surface area (Å²) in [5, 5.41) is 0. The Kier molecular flexibility index (Phi) is 2.42. The summed E-state index contributed by atoms with van der Waals surface area (Å²) in [6.45, 7) is 0. The molecule has 1 nitrogen and oxygen atoms in total. The topological polar surface area (TPSA) is 26.0 Å². The summed E-state index contributed by atoms with van der Waals surface area (Å²) in [4.78, 5) is 0. The van der Waals surface area contributed by atoms with Crippen LogP contribution in [-0.2, 0) is 0 Å². The molecule has 2 atom stereocenters. The Morgan fingerprint density at radius 1 is 1.36 bits per heavy atom. The first-order valence-electron chi connectivity index (χ1n) is 4.69. The molecule has 0 bridgehead atoms. The highest BCUT2D eigenvalue weighted by atomic mass is 32.2. The average molecular weight is 171 g/mol. The second-order valence-corrected chi connectivity index (χ2v) is 5.12. The number of hydrogen-bond donors (Lipinski definition) is 1. The minimum absolute atomic E-state index is 0.525. The molecule has 2 rings (SSSR count). The standard InChI is InChI=1S/C9H17NS/c10-9(5-7-1-2-7)8-3-4-11-6-8/h7-9H,1-6,10H2. The highest BCUT2D eigenvalue weighted by Gasteiger charge is 2.29. The van der Waals surface area contributed by atoms with Crippen molar-refractivity contribution in [1.29, 1.82) is 0 Å². The summed E-state index contributed by atoms with van der Waals surface area (Å²) in [6, 6.07) is 0.525. The van der Waals surface area contributed by atoms with Gasteiger partial charge in [0.2, 0.25) is 0 Å². The summed E-state index contributed by atoms with van der Waals surface area (Å²) < 4.78 is 0. The highest BCUT2D eigenvalue weighted by molar-refractivity contribution is 7.99. The maximum atomic E-state index is 6.11. The van der Waals surface area contributed by atoms with Crippen molar-refractivity contribution in [2.75, 3.05) is 11.5 Å². The third kappa shape index (κ3) is 2.12. The van der Waals surface area contributed by atoms with E-state index in [0.29, 0.717) is 6.04 Å². The third-order valence-corrected chi connectivity index (χ3v) is 4.06. The summed E-state index contributed by atoms with van der Waals surface area (Å²) in [6.07, 6.45) is 5.59. The van der Waals surface area contributed by atoms with Crippen molar-refractivity contribution in [3.63, 3.8) is 0 Å². The quantitative estimate of drug-likeness (QED) is 0.701. The fourth-order valence-electron chi connectivity index (χ4n) is 1.82. The third-order valence-electron chi connectivity index (χ3n) is 2.87. The van der Waals surface area contributed by atoms with Crippen LogP contribution in [0.1, 0.15) is 25.7 Å². The van der Waals surface area contributed by atoms with Crippen LogP contribution in [0.5, 0.6) is 0 Å². The SMILES string of the molecule is NC(CC1CC1)C1CCSC1. The zero-order chi connectivity index (χ0) is 7.68. The molecule has 1 heterocycles. The van der Waals surface area contributed by atoms with E-state index in [-0.39, 0.29) is 0 Å². The Bertz CT molecular complexity index is 128. The molecule has 1 saturated heterocycles. The van der Waals surface area contributed by atoms with E-state index in [2.05, 4.69) is 11.8 Å². The van der Waals surface area contributed by atoms with Crippen LogP contribution in [-0.4, -0.2) is 17.5 Å². The minimum Gasteiger partial charge on any atom is -0.327 e. The molecule has 2 fully saturated rings. The maximum absolute atomic E-state index is 6.11. The molecule has 0 aromatic heterocycles. The molecular formula is C9H17NS. The van der Waals surface area contributed by atoms with Crippen molar-refractivity contribution in [1.82, 2.24) is 0 Å². The van der Waals surface area contributed by atoms with Gasteiger partial charge in [-0.05, 0) is 36.2 Å². The number of rotatable bonds is 3. The van der Waals surface area contributed by atoms with E-state index in [4.69, 9.17) is 5.73 Å². The van der Waals surface area contributed by atoms with Gasteiger partial charge in [-0.25, -0.2) is 0 Å². The van der Waals surface area contributed by atoms with E-state index in [1.165, 1.54) is 37.2 Å². The van der Waals surface area contributed by atoms with Gasteiger partial charge in [-0.3, -0.25) is 0 Å². The number of thioether (sulfide) groups is 1. The number of nitrogens with two attached hydrogens (primary N) is 1. The van der Waals surface area contributed by atoms with Gasteiger partial charge in [-0.1, -0.05) is 12.8 Å². The van der Waals surface area contributed by atoms with E-state index in [1.54, 1.807) is 0 Å². The molecule has 0 aromatic carbocycles.